The molecule has 4 amide bonds. The predicted octanol–water partition coefficient (Wildman–Crippen LogP) is 2.96. The van der Waals surface area contributed by atoms with Crippen LogP contribution in [0.25, 0.3) is 10.8 Å². The number of anilines is 1. The van der Waals surface area contributed by atoms with E-state index in [2.05, 4.69) is 21.3 Å². The van der Waals surface area contributed by atoms with Gasteiger partial charge in [-0.2, -0.15) is 0 Å². The summed E-state index contributed by atoms with van der Waals surface area (Å²) in [4.78, 5) is 82.1. The van der Waals surface area contributed by atoms with Crippen LogP contribution in [0.5, 0.6) is 0 Å². The number of amides is 4. The van der Waals surface area contributed by atoms with Gasteiger partial charge in [-0.3, -0.25) is 28.8 Å². The van der Waals surface area contributed by atoms with Crippen LogP contribution in [0.3, 0.4) is 0 Å². The molecule has 0 aliphatic carbocycles. The number of carboxylic acid groups (broad SMARTS) is 1. The Balaban J connectivity index is 1.38. The van der Waals surface area contributed by atoms with E-state index in [-0.39, 0.29) is 31.4 Å². The van der Waals surface area contributed by atoms with E-state index in [1.54, 1.807) is 60.0 Å². The third kappa shape index (κ3) is 10.8. The summed E-state index contributed by atoms with van der Waals surface area (Å²) >= 11 is 1.30. The van der Waals surface area contributed by atoms with Crippen molar-refractivity contribution in [2.45, 2.75) is 62.4 Å². The highest BCUT2D eigenvalue weighted by Crippen LogP contribution is 2.21. The largest absolute Gasteiger partial charge is 0.481 e. The number of thiophene rings is 1. The van der Waals surface area contributed by atoms with Crippen LogP contribution in [0.1, 0.15) is 28.0 Å². The topological polar surface area (TPSA) is 211 Å². The fraction of sp³-hybridized carbons (Fsp3) is 0.256. The summed E-state index contributed by atoms with van der Waals surface area (Å²) in [5.41, 5.74) is 2.09. The van der Waals surface area contributed by atoms with Gasteiger partial charge in [0.25, 0.3) is 11.8 Å². The molecule has 1 aromatic heterocycles. The van der Waals surface area contributed by atoms with Gasteiger partial charge < -0.3 is 36.6 Å². The van der Waals surface area contributed by atoms with Crippen molar-refractivity contribution in [2.75, 3.05) is 5.32 Å². The predicted molar refractivity (Wildman–Crippen MR) is 213 cm³/mol. The van der Waals surface area contributed by atoms with Gasteiger partial charge in [-0.25, -0.2) is 0 Å². The summed E-state index contributed by atoms with van der Waals surface area (Å²) in [6.07, 6.45) is -5.06. The first kappa shape index (κ1) is 40.4. The first-order valence-corrected chi connectivity index (χ1v) is 19.3. The Hall–Kier alpha value is -6.22. The van der Waals surface area contributed by atoms with Crippen molar-refractivity contribution in [1.82, 2.24) is 16.0 Å². The molecule has 13 nitrogen and oxygen atoms in total. The van der Waals surface area contributed by atoms with Crippen LogP contribution >= 0.6 is 11.3 Å². The minimum Gasteiger partial charge on any atom is -0.481 e. The summed E-state index contributed by atoms with van der Waals surface area (Å²) in [6, 6.07) is 27.7. The number of carbonyl (C=O) groups is 6. The van der Waals surface area contributed by atoms with Crippen molar-refractivity contribution in [1.29, 1.82) is 0 Å². The molecule has 0 saturated heterocycles. The number of aliphatic hydroxyl groups excluding tert-OH is 2. The highest BCUT2D eigenvalue weighted by molar-refractivity contribution is 7.09. The van der Waals surface area contributed by atoms with E-state index in [9.17, 15) is 44.1 Å². The smallest absolute Gasteiger partial charge is 0.307 e. The van der Waals surface area contributed by atoms with Crippen LogP contribution in [0.4, 0.5) is 5.69 Å². The number of hydrogen-bond acceptors (Lipinski definition) is 9. The van der Waals surface area contributed by atoms with Crippen molar-refractivity contribution < 1.29 is 44.1 Å². The van der Waals surface area contributed by atoms with Gasteiger partial charge in [-0.05, 0) is 63.9 Å². The number of nitrogens with one attached hydrogen (secondary N) is 4. The monoisotopic (exact) mass is 790 g/mol. The molecule has 294 valence electrons. The van der Waals surface area contributed by atoms with Crippen molar-refractivity contribution in [2.24, 2.45) is 5.92 Å². The van der Waals surface area contributed by atoms with Gasteiger partial charge in [0.1, 0.15) is 12.1 Å². The van der Waals surface area contributed by atoms with Crippen LogP contribution < -0.4 is 21.3 Å². The molecular weight excluding hydrogens is 749 g/mol. The molecule has 4 aromatic carbocycles. The fourth-order valence-corrected chi connectivity index (χ4v) is 7.44. The lowest BCUT2D eigenvalue weighted by molar-refractivity contribution is -0.145. The molecule has 2 aliphatic rings. The van der Waals surface area contributed by atoms with Gasteiger partial charge >= 0.3 is 5.97 Å². The van der Waals surface area contributed by atoms with Crippen molar-refractivity contribution in [3.8, 4) is 0 Å². The number of aliphatic carboxylic acids is 1. The molecule has 2 bridgehead atoms. The van der Waals surface area contributed by atoms with Crippen LogP contribution in [-0.4, -0.2) is 81.0 Å². The van der Waals surface area contributed by atoms with Crippen LogP contribution in [0, 0.1) is 5.92 Å². The zero-order valence-corrected chi connectivity index (χ0v) is 31.5. The molecule has 5 aromatic rings. The highest BCUT2D eigenvalue weighted by Gasteiger charge is 2.36. The lowest BCUT2D eigenvalue weighted by Gasteiger charge is -2.26. The molecule has 14 heteroatoms. The SMILES string of the molecule is O=C(O)[C@H]1CC(=O)[C@@H](Cc2ccccc2)NC(=O)[C@H](Cc2ccc3ccccc3c2)NC(=O)[C@@H](Cc2cccs2)NC(=O)[C@H](O)[C@@H](O)C(=O)Nc2ccc(cc2)C1. The molecule has 0 spiro atoms. The van der Waals surface area contributed by atoms with E-state index in [0.717, 1.165) is 10.8 Å². The molecular formula is C43H42N4O9S. The molecule has 0 unspecified atom stereocenters. The second-order valence-corrected chi connectivity index (χ2v) is 15.1. The lowest BCUT2D eigenvalue weighted by atomic mass is 9.90. The molecule has 2 aliphatic heterocycles. The Bertz CT molecular complexity index is 2230. The molecule has 6 atom stereocenters. The Morgan fingerprint density at radius 3 is 1.89 bits per heavy atom. The molecule has 0 saturated carbocycles. The molecule has 7 N–H and O–H groups in total. The summed E-state index contributed by atoms with van der Waals surface area (Å²) in [5.74, 6) is -6.80. The average Bonchev–Trinajstić information content (AvgIpc) is 3.73. The number of aliphatic hydroxyl groups is 2. The molecule has 7 rings (SSSR count). The van der Waals surface area contributed by atoms with Crippen molar-refractivity contribution in [3.63, 3.8) is 0 Å². The summed E-state index contributed by atoms with van der Waals surface area (Å²) < 4.78 is 0. The minimum atomic E-state index is -2.28. The maximum absolute atomic E-state index is 14.4. The van der Waals surface area contributed by atoms with E-state index in [0.29, 0.717) is 21.6 Å². The zero-order valence-electron chi connectivity index (χ0n) is 30.7. The van der Waals surface area contributed by atoms with Gasteiger partial charge in [0.15, 0.2) is 18.0 Å². The van der Waals surface area contributed by atoms with Gasteiger partial charge in [0.05, 0.1) is 12.0 Å². The second kappa shape index (κ2) is 18.6. The normalized spacial score (nSPS) is 22.8. The van der Waals surface area contributed by atoms with Crippen LogP contribution in [0.2, 0.25) is 0 Å². The lowest BCUT2D eigenvalue weighted by Crippen LogP contribution is -2.58. The van der Waals surface area contributed by atoms with Gasteiger partial charge in [-0.1, -0.05) is 91.0 Å². The number of fused-ring (bicyclic) bond motifs is 19. The summed E-state index contributed by atoms with van der Waals surface area (Å²) in [7, 11) is 0. The molecule has 57 heavy (non-hydrogen) atoms. The maximum atomic E-state index is 14.4. The number of carbonyl (C=O) groups excluding carboxylic acids is 5. The van der Waals surface area contributed by atoms with Crippen molar-refractivity contribution in [3.05, 3.63) is 136 Å². The molecule has 0 fully saturated rings. The summed E-state index contributed by atoms with van der Waals surface area (Å²) in [5, 5.41) is 45.7. The number of rotatable bonds is 7. The Morgan fingerprint density at radius 2 is 1.21 bits per heavy atom. The Labute approximate surface area is 332 Å². The van der Waals surface area contributed by atoms with Crippen LogP contribution in [-0.2, 0) is 54.5 Å². The standard InChI is InChI=1S/C43H42N4O9S/c48-36-23-30(43(55)56)19-26-13-16-31(17-14-26)44-41(53)37(49)38(50)42(54)47-35(24-32-11-6-18-57-32)40(52)46-34(22-27-12-15-28-9-4-5-10-29(28)20-27)39(51)45-33(36)21-25-7-2-1-3-8-25/h1-18,20,30,33-35,37-38,49-50H,19,21-24H2,(H,44,53)(H,45,51)(H,46,52)(H,47,54)(H,55,56)/t30-,33-,34+,35-,37-,38-/m1/s1. The minimum absolute atomic E-state index is 0.0383. The maximum Gasteiger partial charge on any atom is 0.307 e. The molecule has 0 radical (unpaired) electrons. The third-order valence-corrected chi connectivity index (χ3v) is 10.7. The first-order chi connectivity index (χ1) is 27.4. The second-order valence-electron chi connectivity index (χ2n) is 14.0. The quantitative estimate of drug-likeness (QED) is 0.121. The number of ketones is 1. The third-order valence-electron chi connectivity index (χ3n) is 9.83. The summed E-state index contributed by atoms with van der Waals surface area (Å²) in [6.45, 7) is 0. The van der Waals surface area contributed by atoms with Crippen LogP contribution in [0.15, 0.2) is 115 Å². The number of carboxylic acids is 1. The van der Waals surface area contributed by atoms with E-state index in [1.807, 2.05) is 42.5 Å². The zero-order chi connectivity index (χ0) is 40.5. The molecule has 3 heterocycles. The number of Topliss-reactive ketones (excluding diaryl/α,β-unsaturated/α-hetero) is 1. The fourth-order valence-electron chi connectivity index (χ4n) is 6.69. The van der Waals surface area contributed by atoms with E-state index >= 15 is 0 Å². The first-order valence-electron chi connectivity index (χ1n) is 18.4. The number of hydrogen-bond donors (Lipinski definition) is 7. The average molecular weight is 791 g/mol. The van der Waals surface area contributed by atoms with E-state index in [4.69, 9.17) is 0 Å². The van der Waals surface area contributed by atoms with Crippen molar-refractivity contribution >= 4 is 63.2 Å². The highest BCUT2D eigenvalue weighted by atomic mass is 32.1. The number of benzene rings is 4. The Kier molecular flexibility index (Phi) is 13.2. The Morgan fingerprint density at radius 1 is 0.596 bits per heavy atom. The van der Waals surface area contributed by atoms with E-state index in [1.165, 1.54) is 23.5 Å². The van der Waals surface area contributed by atoms with Gasteiger partial charge in [0.2, 0.25) is 11.8 Å². The van der Waals surface area contributed by atoms with E-state index < -0.39 is 78.1 Å². The van der Waals surface area contributed by atoms with Gasteiger partial charge in [-0.15, -0.1) is 11.3 Å². The van der Waals surface area contributed by atoms with Gasteiger partial charge in [0, 0.05) is 29.8 Å².